The number of carbonyl (C=O) groups excluding carboxylic acids is 1. The molecule has 0 aliphatic heterocycles. The van der Waals surface area contributed by atoms with Gasteiger partial charge in [0.25, 0.3) is 5.91 Å². The molecule has 0 spiro atoms. The Morgan fingerprint density at radius 2 is 1.79 bits per heavy atom. The van der Waals surface area contributed by atoms with E-state index in [0.29, 0.717) is 22.8 Å². The highest BCUT2D eigenvalue weighted by molar-refractivity contribution is 6.09. The Hall–Kier alpha value is -4.11. The fourth-order valence-electron chi connectivity index (χ4n) is 2.56. The molecule has 1 heterocycles. The minimum atomic E-state index is -1.01. The first kappa shape index (κ1) is 18.7. The van der Waals surface area contributed by atoms with Gasteiger partial charge in [-0.2, -0.15) is 5.26 Å². The number of amides is 1. The minimum absolute atomic E-state index is 0.0922. The Bertz CT molecular complexity index is 1100. The number of hydrogen-bond acceptors (Lipinski definition) is 4. The van der Waals surface area contributed by atoms with Crippen molar-refractivity contribution in [2.24, 2.45) is 0 Å². The van der Waals surface area contributed by atoms with Gasteiger partial charge in [-0.1, -0.05) is 30.3 Å². The normalized spacial score (nSPS) is 10.9. The molecule has 2 aromatic carbocycles. The summed E-state index contributed by atoms with van der Waals surface area (Å²) in [4.78, 5) is 23.3. The van der Waals surface area contributed by atoms with Crippen LogP contribution in [0.5, 0.6) is 0 Å². The third-order valence-electron chi connectivity index (χ3n) is 4.09. The summed E-state index contributed by atoms with van der Waals surface area (Å²) in [6, 6.07) is 18.7. The number of anilines is 1. The third-order valence-corrected chi connectivity index (χ3v) is 4.09. The van der Waals surface area contributed by atoms with Gasteiger partial charge in [-0.3, -0.25) is 4.79 Å². The van der Waals surface area contributed by atoms with Crippen molar-refractivity contribution in [1.82, 2.24) is 0 Å². The molecule has 0 saturated heterocycles. The molecule has 6 nitrogen and oxygen atoms in total. The molecule has 2 N–H and O–H groups in total. The van der Waals surface area contributed by atoms with Crippen LogP contribution in [0.4, 0.5) is 5.69 Å². The molecule has 0 fully saturated rings. The summed E-state index contributed by atoms with van der Waals surface area (Å²) in [6.07, 6.45) is 1.36. The molecule has 0 aliphatic rings. The van der Waals surface area contributed by atoms with E-state index in [1.165, 1.54) is 18.2 Å². The van der Waals surface area contributed by atoms with E-state index in [1.54, 1.807) is 36.4 Å². The maximum atomic E-state index is 12.4. The van der Waals surface area contributed by atoms with Crippen LogP contribution in [-0.4, -0.2) is 17.0 Å². The van der Waals surface area contributed by atoms with E-state index in [9.17, 15) is 14.9 Å². The second-order valence-corrected chi connectivity index (χ2v) is 6.02. The Labute approximate surface area is 161 Å². The molecule has 0 radical (unpaired) electrons. The number of carboxylic acids is 1. The van der Waals surface area contributed by atoms with Crippen molar-refractivity contribution in [2.45, 2.75) is 6.92 Å². The van der Waals surface area contributed by atoms with Gasteiger partial charge in [0, 0.05) is 17.3 Å². The van der Waals surface area contributed by atoms with E-state index >= 15 is 0 Å². The quantitative estimate of drug-likeness (QED) is 0.507. The molecule has 6 heteroatoms. The standard InChI is InChI=1S/C22H16N2O4/c1-14-4-2-3-5-19(14)24-21(25)17(13-23)12-18-10-11-20(28-18)15-6-8-16(9-7-15)22(26)27/h2-12H,1H3,(H,24,25)(H,26,27)/b17-12+. The van der Waals surface area contributed by atoms with Gasteiger partial charge in [0.05, 0.1) is 5.56 Å². The molecular weight excluding hydrogens is 356 g/mol. The highest BCUT2D eigenvalue weighted by Crippen LogP contribution is 2.24. The Kier molecular flexibility index (Phi) is 5.38. The van der Waals surface area contributed by atoms with Gasteiger partial charge >= 0.3 is 5.97 Å². The molecule has 0 bridgehead atoms. The average molecular weight is 372 g/mol. The van der Waals surface area contributed by atoms with E-state index in [1.807, 2.05) is 25.1 Å². The number of furan rings is 1. The molecule has 28 heavy (non-hydrogen) atoms. The van der Waals surface area contributed by atoms with Crippen LogP contribution >= 0.6 is 0 Å². The second kappa shape index (κ2) is 8.06. The van der Waals surface area contributed by atoms with E-state index < -0.39 is 11.9 Å². The van der Waals surface area contributed by atoms with E-state index in [4.69, 9.17) is 9.52 Å². The predicted octanol–water partition coefficient (Wildman–Crippen LogP) is 4.50. The maximum absolute atomic E-state index is 12.4. The number of nitrogens with one attached hydrogen (secondary N) is 1. The number of hydrogen-bond donors (Lipinski definition) is 2. The molecule has 0 saturated carbocycles. The Balaban J connectivity index is 1.80. The van der Waals surface area contributed by atoms with Gasteiger partial charge in [0.15, 0.2) is 0 Å². The largest absolute Gasteiger partial charge is 0.478 e. The zero-order valence-electron chi connectivity index (χ0n) is 15.0. The topological polar surface area (TPSA) is 103 Å². The summed E-state index contributed by atoms with van der Waals surface area (Å²) in [6.45, 7) is 1.86. The lowest BCUT2D eigenvalue weighted by Gasteiger charge is -2.06. The minimum Gasteiger partial charge on any atom is -0.478 e. The van der Waals surface area contributed by atoms with Crippen LogP contribution in [0, 0.1) is 18.3 Å². The van der Waals surface area contributed by atoms with Crippen LogP contribution in [0.2, 0.25) is 0 Å². The summed E-state index contributed by atoms with van der Waals surface area (Å²) in [5.74, 6) is -0.693. The maximum Gasteiger partial charge on any atom is 0.335 e. The molecule has 3 rings (SSSR count). The zero-order valence-corrected chi connectivity index (χ0v) is 15.0. The van der Waals surface area contributed by atoms with E-state index in [0.717, 1.165) is 5.56 Å². The second-order valence-electron chi connectivity index (χ2n) is 6.02. The lowest BCUT2D eigenvalue weighted by molar-refractivity contribution is -0.112. The smallest absolute Gasteiger partial charge is 0.335 e. The SMILES string of the molecule is Cc1ccccc1NC(=O)/C(C#N)=C/c1ccc(-c2ccc(C(=O)O)cc2)o1. The number of nitrogens with zero attached hydrogens (tertiary/aromatic N) is 1. The van der Waals surface area contributed by atoms with Crippen molar-refractivity contribution in [1.29, 1.82) is 5.26 Å². The van der Waals surface area contributed by atoms with Crippen LogP contribution in [0.25, 0.3) is 17.4 Å². The first-order chi connectivity index (χ1) is 13.5. The summed E-state index contributed by atoms with van der Waals surface area (Å²) in [7, 11) is 0. The highest BCUT2D eigenvalue weighted by atomic mass is 16.4. The Morgan fingerprint density at radius 3 is 2.43 bits per heavy atom. The van der Waals surface area contributed by atoms with E-state index in [2.05, 4.69) is 5.32 Å². The number of aryl methyl sites for hydroxylation is 1. The predicted molar refractivity (Wildman–Crippen MR) is 105 cm³/mol. The van der Waals surface area contributed by atoms with Crippen LogP contribution in [-0.2, 0) is 4.79 Å². The number of nitriles is 1. The van der Waals surface area contributed by atoms with Gasteiger partial charge in [-0.15, -0.1) is 0 Å². The van der Waals surface area contributed by atoms with E-state index in [-0.39, 0.29) is 11.1 Å². The first-order valence-electron chi connectivity index (χ1n) is 8.40. The summed E-state index contributed by atoms with van der Waals surface area (Å²) in [5, 5.41) is 21.0. The van der Waals surface area contributed by atoms with Crippen LogP contribution in [0.3, 0.4) is 0 Å². The average Bonchev–Trinajstić information content (AvgIpc) is 3.16. The fourth-order valence-corrected chi connectivity index (χ4v) is 2.56. The number of aromatic carboxylic acids is 1. The number of rotatable bonds is 5. The van der Waals surface area contributed by atoms with Crippen LogP contribution < -0.4 is 5.32 Å². The van der Waals surface area contributed by atoms with Crippen molar-refractivity contribution in [3.63, 3.8) is 0 Å². The molecule has 0 aliphatic carbocycles. The first-order valence-corrected chi connectivity index (χ1v) is 8.40. The number of carbonyl (C=O) groups is 2. The van der Waals surface area contributed by atoms with Gasteiger partial charge in [0.2, 0.25) is 0 Å². The lowest BCUT2D eigenvalue weighted by atomic mass is 10.1. The summed E-state index contributed by atoms with van der Waals surface area (Å²) in [5.41, 5.74) is 2.29. The number of carboxylic acid groups (broad SMARTS) is 1. The van der Waals surface area contributed by atoms with Crippen molar-refractivity contribution in [2.75, 3.05) is 5.32 Å². The number of benzene rings is 2. The van der Waals surface area contributed by atoms with Crippen molar-refractivity contribution < 1.29 is 19.1 Å². The fraction of sp³-hybridized carbons (Fsp3) is 0.0455. The van der Waals surface area contributed by atoms with Crippen LogP contribution in [0.1, 0.15) is 21.7 Å². The van der Waals surface area contributed by atoms with Crippen LogP contribution in [0.15, 0.2) is 70.7 Å². The number of para-hydroxylation sites is 1. The van der Waals surface area contributed by atoms with Gasteiger partial charge < -0.3 is 14.8 Å². The molecule has 138 valence electrons. The molecule has 0 atom stereocenters. The van der Waals surface area contributed by atoms with Crippen molar-refractivity contribution in [3.05, 3.63) is 83.1 Å². The van der Waals surface area contributed by atoms with Gasteiger partial charge in [0.1, 0.15) is 23.2 Å². The van der Waals surface area contributed by atoms with Crippen molar-refractivity contribution in [3.8, 4) is 17.4 Å². The molecular formula is C22H16N2O4. The summed E-state index contributed by atoms with van der Waals surface area (Å²) < 4.78 is 5.67. The Morgan fingerprint density at radius 1 is 1.07 bits per heavy atom. The molecule has 0 unspecified atom stereocenters. The lowest BCUT2D eigenvalue weighted by Crippen LogP contribution is -2.14. The summed E-state index contributed by atoms with van der Waals surface area (Å²) >= 11 is 0. The zero-order chi connectivity index (χ0) is 20.1. The third kappa shape index (κ3) is 4.17. The molecule has 3 aromatic rings. The molecule has 1 aromatic heterocycles. The van der Waals surface area contributed by atoms with Gasteiger partial charge in [-0.05, 0) is 42.8 Å². The monoisotopic (exact) mass is 372 g/mol. The van der Waals surface area contributed by atoms with Gasteiger partial charge in [-0.25, -0.2) is 4.79 Å². The molecule has 1 amide bonds. The van der Waals surface area contributed by atoms with Crippen molar-refractivity contribution >= 4 is 23.6 Å². The highest BCUT2D eigenvalue weighted by Gasteiger charge is 2.12.